The second-order valence-corrected chi connectivity index (χ2v) is 10.1. The molecule has 0 radical (unpaired) electrons. The summed E-state index contributed by atoms with van der Waals surface area (Å²) >= 11 is 0. The van der Waals surface area contributed by atoms with Crippen molar-refractivity contribution in [3.8, 4) is 5.75 Å². The Bertz CT molecular complexity index is 1060. The summed E-state index contributed by atoms with van der Waals surface area (Å²) in [5.74, 6) is 1.88. The molecule has 1 aromatic heterocycles. The monoisotopic (exact) mass is 510 g/mol. The smallest absolute Gasteiger partial charge is 0.252 e. The fourth-order valence-corrected chi connectivity index (χ4v) is 5.26. The molecule has 1 aromatic carbocycles. The first kappa shape index (κ1) is 27.0. The lowest BCUT2D eigenvalue weighted by Gasteiger charge is -2.37. The minimum Gasteiger partial charge on any atom is -0.497 e. The normalized spacial score (nSPS) is 17.6. The number of aromatic nitrogens is 2. The van der Waals surface area contributed by atoms with Crippen LogP contribution in [-0.4, -0.2) is 85.1 Å². The summed E-state index contributed by atoms with van der Waals surface area (Å²) in [4.78, 5) is 42.0. The maximum Gasteiger partial charge on any atom is 0.252 e. The number of aromatic amines is 1. The fourth-order valence-electron chi connectivity index (χ4n) is 5.26. The second-order valence-electron chi connectivity index (χ2n) is 10.1. The minimum absolute atomic E-state index is 0.123. The highest BCUT2D eigenvalue weighted by Crippen LogP contribution is 2.22. The summed E-state index contributed by atoms with van der Waals surface area (Å²) in [5.41, 5.74) is 1.87. The van der Waals surface area contributed by atoms with Gasteiger partial charge in [0.25, 0.3) is 5.56 Å². The molecule has 4 rings (SSSR count). The van der Waals surface area contributed by atoms with Crippen LogP contribution in [0.2, 0.25) is 0 Å². The van der Waals surface area contributed by atoms with Crippen molar-refractivity contribution in [1.82, 2.24) is 19.8 Å². The summed E-state index contributed by atoms with van der Waals surface area (Å²) in [6.07, 6.45) is 4.08. The molecule has 2 aromatic rings. The number of nitrogens with zero attached hydrogens (tertiary/aromatic N) is 5. The number of H-pyrrole nitrogens is 1. The van der Waals surface area contributed by atoms with Gasteiger partial charge in [0, 0.05) is 76.6 Å². The van der Waals surface area contributed by atoms with Crippen LogP contribution in [0, 0.1) is 5.92 Å². The highest BCUT2D eigenvalue weighted by Gasteiger charge is 2.27. The van der Waals surface area contributed by atoms with Crippen LogP contribution in [0.3, 0.4) is 0 Å². The van der Waals surface area contributed by atoms with Crippen molar-refractivity contribution in [1.29, 1.82) is 0 Å². The van der Waals surface area contributed by atoms with E-state index in [1.54, 1.807) is 13.2 Å². The number of carbonyl (C=O) groups excluding carboxylic acids is 1. The zero-order chi connectivity index (χ0) is 26.2. The minimum atomic E-state index is -0.124. The van der Waals surface area contributed by atoms with E-state index in [-0.39, 0.29) is 17.4 Å². The predicted molar refractivity (Wildman–Crippen MR) is 147 cm³/mol. The molecule has 0 unspecified atom stereocenters. The number of amides is 1. The number of hydrogen-bond donors (Lipinski definition) is 1. The Morgan fingerprint density at radius 3 is 2.30 bits per heavy atom. The summed E-state index contributed by atoms with van der Waals surface area (Å²) < 4.78 is 5.26. The van der Waals surface area contributed by atoms with E-state index in [1.807, 2.05) is 17.0 Å². The molecule has 2 saturated heterocycles. The Morgan fingerprint density at radius 1 is 1.00 bits per heavy atom. The molecule has 202 valence electrons. The van der Waals surface area contributed by atoms with Gasteiger partial charge in [0.1, 0.15) is 5.75 Å². The van der Waals surface area contributed by atoms with Crippen molar-refractivity contribution in [2.45, 2.75) is 46.1 Å². The van der Waals surface area contributed by atoms with Crippen molar-refractivity contribution in [2.75, 3.05) is 69.3 Å². The van der Waals surface area contributed by atoms with Crippen LogP contribution in [0.15, 0.2) is 35.1 Å². The van der Waals surface area contributed by atoms with Crippen LogP contribution in [0.4, 0.5) is 11.6 Å². The number of hydrogen-bond acceptors (Lipinski definition) is 7. The van der Waals surface area contributed by atoms with Crippen molar-refractivity contribution in [2.24, 2.45) is 5.92 Å². The Kier molecular flexibility index (Phi) is 9.44. The number of anilines is 2. The van der Waals surface area contributed by atoms with Crippen molar-refractivity contribution in [3.63, 3.8) is 0 Å². The van der Waals surface area contributed by atoms with Gasteiger partial charge in [-0.25, -0.2) is 4.98 Å². The van der Waals surface area contributed by atoms with Gasteiger partial charge >= 0.3 is 0 Å². The lowest BCUT2D eigenvalue weighted by atomic mass is 9.97. The standard InChI is InChI=1S/C28H42N6O3/c1-4-6-7-22(5-2)27(36)33-16-18-34(19-17-33)28-29-23(20-26(35)30-28)21-31-12-14-32(15-13-31)24-8-10-25(37-3)11-9-24/h8-11,20,22H,4-7,12-19,21H2,1-3H3,(H,29,30,35)/t22-/m1/s1. The first-order chi connectivity index (χ1) is 18.0. The highest BCUT2D eigenvalue weighted by molar-refractivity contribution is 5.79. The van der Waals surface area contributed by atoms with Crippen LogP contribution in [-0.2, 0) is 11.3 Å². The molecule has 0 spiro atoms. The largest absolute Gasteiger partial charge is 0.497 e. The number of methoxy groups -OCH3 is 1. The second kappa shape index (κ2) is 12.9. The van der Waals surface area contributed by atoms with E-state index >= 15 is 0 Å². The summed E-state index contributed by atoms with van der Waals surface area (Å²) in [6.45, 7) is 11.3. The molecule has 2 aliphatic heterocycles. The average molecular weight is 511 g/mol. The van der Waals surface area contributed by atoms with Crippen LogP contribution in [0.25, 0.3) is 0 Å². The number of rotatable bonds is 10. The van der Waals surface area contributed by atoms with Crippen LogP contribution in [0.5, 0.6) is 5.75 Å². The van der Waals surface area contributed by atoms with Crippen molar-refractivity contribution >= 4 is 17.5 Å². The number of ether oxygens (including phenoxy) is 1. The fraction of sp³-hybridized carbons (Fsp3) is 0.607. The van der Waals surface area contributed by atoms with E-state index in [9.17, 15) is 9.59 Å². The molecule has 37 heavy (non-hydrogen) atoms. The molecular formula is C28H42N6O3. The lowest BCUT2D eigenvalue weighted by Crippen LogP contribution is -2.51. The van der Waals surface area contributed by atoms with Gasteiger partial charge in [0.2, 0.25) is 11.9 Å². The molecule has 0 aliphatic carbocycles. The summed E-state index contributed by atoms with van der Waals surface area (Å²) in [7, 11) is 1.68. The number of benzene rings is 1. The van der Waals surface area contributed by atoms with Gasteiger partial charge in [-0.1, -0.05) is 26.7 Å². The summed E-state index contributed by atoms with van der Waals surface area (Å²) in [6, 6.07) is 9.79. The Morgan fingerprint density at radius 2 is 1.68 bits per heavy atom. The van der Waals surface area contributed by atoms with E-state index in [2.05, 4.69) is 45.7 Å². The Hall–Kier alpha value is -3.07. The summed E-state index contributed by atoms with van der Waals surface area (Å²) in [5, 5.41) is 0. The van der Waals surface area contributed by atoms with E-state index in [4.69, 9.17) is 9.72 Å². The average Bonchev–Trinajstić information content (AvgIpc) is 2.93. The van der Waals surface area contributed by atoms with E-state index in [0.717, 1.165) is 63.3 Å². The molecule has 9 nitrogen and oxygen atoms in total. The molecular weight excluding hydrogens is 468 g/mol. The maximum absolute atomic E-state index is 13.0. The third-order valence-electron chi connectivity index (χ3n) is 7.62. The topological polar surface area (TPSA) is 85.0 Å². The molecule has 1 atom stereocenters. The van der Waals surface area contributed by atoms with Gasteiger partial charge in [-0.2, -0.15) is 0 Å². The van der Waals surface area contributed by atoms with Gasteiger partial charge < -0.3 is 19.4 Å². The van der Waals surface area contributed by atoms with Gasteiger partial charge in [-0.05, 0) is 37.1 Å². The Balaban J connectivity index is 1.30. The van der Waals surface area contributed by atoms with E-state index in [0.29, 0.717) is 38.7 Å². The van der Waals surface area contributed by atoms with Gasteiger partial charge in [-0.3, -0.25) is 19.5 Å². The number of carbonyl (C=O) groups is 1. The molecule has 0 saturated carbocycles. The van der Waals surface area contributed by atoms with Crippen molar-refractivity contribution < 1.29 is 9.53 Å². The predicted octanol–water partition coefficient (Wildman–Crippen LogP) is 2.97. The SMILES string of the molecule is CCCC[C@@H](CC)C(=O)N1CCN(c2nc(CN3CCN(c4ccc(OC)cc4)CC3)cc(=O)[nH]2)CC1. The molecule has 0 bridgehead atoms. The number of piperazine rings is 2. The third kappa shape index (κ3) is 7.03. The molecule has 1 N–H and O–H groups in total. The van der Waals surface area contributed by atoms with Crippen LogP contribution in [0.1, 0.15) is 45.2 Å². The van der Waals surface area contributed by atoms with Gasteiger partial charge in [-0.15, -0.1) is 0 Å². The first-order valence-electron chi connectivity index (χ1n) is 13.8. The maximum atomic E-state index is 13.0. The van der Waals surface area contributed by atoms with Crippen molar-refractivity contribution in [3.05, 3.63) is 46.4 Å². The molecule has 1 amide bonds. The molecule has 2 aliphatic rings. The third-order valence-corrected chi connectivity index (χ3v) is 7.62. The quantitative estimate of drug-likeness (QED) is 0.526. The zero-order valence-electron chi connectivity index (χ0n) is 22.6. The zero-order valence-corrected chi connectivity index (χ0v) is 22.6. The lowest BCUT2D eigenvalue weighted by molar-refractivity contribution is -0.136. The number of nitrogens with one attached hydrogen (secondary N) is 1. The molecule has 9 heteroatoms. The van der Waals surface area contributed by atoms with Gasteiger partial charge in [0.05, 0.1) is 12.8 Å². The first-order valence-corrected chi connectivity index (χ1v) is 13.8. The van der Waals surface area contributed by atoms with E-state index in [1.165, 1.54) is 5.69 Å². The highest BCUT2D eigenvalue weighted by atomic mass is 16.5. The molecule has 3 heterocycles. The Labute approximate surface area is 220 Å². The van der Waals surface area contributed by atoms with Crippen LogP contribution < -0.4 is 20.1 Å². The van der Waals surface area contributed by atoms with Crippen LogP contribution >= 0.6 is 0 Å². The number of unbranched alkanes of at least 4 members (excludes halogenated alkanes) is 1. The van der Waals surface area contributed by atoms with E-state index < -0.39 is 0 Å². The van der Waals surface area contributed by atoms with Gasteiger partial charge in [0.15, 0.2) is 0 Å². The molecule has 2 fully saturated rings.